The molecule has 2 N–H and O–H groups in total. The summed E-state index contributed by atoms with van der Waals surface area (Å²) in [5.74, 6) is 1.53. The van der Waals surface area contributed by atoms with Crippen molar-refractivity contribution < 1.29 is 19.4 Å². The fraction of sp³-hybridized carbons (Fsp3) is 0.444. The van der Waals surface area contributed by atoms with Gasteiger partial charge in [0.1, 0.15) is 24.2 Å². The van der Waals surface area contributed by atoms with Crippen molar-refractivity contribution in [3.05, 3.63) is 66.2 Å². The maximum atomic E-state index is 12.3. The normalized spacial score (nSPS) is 15.2. The number of benzene rings is 2. The summed E-state index contributed by atoms with van der Waals surface area (Å²) < 4.78 is 11.3. The standard InChI is InChI=1S/C27H36N2O4/c1-2-22(15-16-28-19-24(30)20-32-25-9-5-3-6-10-25)23-11-13-26(14-12-23)33-21-27(31)29-17-7-4-8-18-29/h2-3,5-6,9-14,24,28,30H,4,7-8,15-21H2,1H3/b22-2+. The number of amides is 1. The van der Waals surface area contributed by atoms with Gasteiger partial charge in [0, 0.05) is 19.6 Å². The highest BCUT2D eigenvalue weighted by molar-refractivity contribution is 5.77. The fourth-order valence-electron chi connectivity index (χ4n) is 3.86. The van der Waals surface area contributed by atoms with Gasteiger partial charge in [-0.2, -0.15) is 0 Å². The van der Waals surface area contributed by atoms with Crippen LogP contribution in [0.2, 0.25) is 0 Å². The first-order valence-electron chi connectivity index (χ1n) is 11.9. The Morgan fingerprint density at radius 1 is 1.03 bits per heavy atom. The van der Waals surface area contributed by atoms with Crippen LogP contribution in [0.25, 0.3) is 5.57 Å². The number of aliphatic hydroxyl groups excluding tert-OH is 1. The average Bonchev–Trinajstić information content (AvgIpc) is 2.87. The molecule has 0 aliphatic carbocycles. The minimum Gasteiger partial charge on any atom is -0.491 e. The van der Waals surface area contributed by atoms with Crippen LogP contribution in [-0.4, -0.2) is 61.4 Å². The van der Waals surface area contributed by atoms with Crippen molar-refractivity contribution in [2.24, 2.45) is 0 Å². The van der Waals surface area contributed by atoms with E-state index in [1.165, 1.54) is 12.0 Å². The number of para-hydroxylation sites is 1. The van der Waals surface area contributed by atoms with Crippen molar-refractivity contribution in [3.63, 3.8) is 0 Å². The number of piperidine rings is 1. The number of likely N-dealkylation sites (tertiary alicyclic amines) is 1. The number of ether oxygens (including phenoxy) is 2. The third kappa shape index (κ3) is 8.56. The average molecular weight is 453 g/mol. The summed E-state index contributed by atoms with van der Waals surface area (Å²) in [5, 5.41) is 13.4. The van der Waals surface area contributed by atoms with E-state index < -0.39 is 6.10 Å². The second-order valence-electron chi connectivity index (χ2n) is 8.30. The van der Waals surface area contributed by atoms with Crippen LogP contribution in [0.4, 0.5) is 0 Å². The minimum atomic E-state index is -0.566. The van der Waals surface area contributed by atoms with Crippen LogP contribution in [-0.2, 0) is 4.79 Å². The summed E-state index contributed by atoms with van der Waals surface area (Å²) in [6.45, 7) is 5.30. The van der Waals surface area contributed by atoms with Crippen molar-refractivity contribution in [2.45, 2.75) is 38.7 Å². The lowest BCUT2D eigenvalue weighted by molar-refractivity contribution is -0.134. The molecule has 6 nitrogen and oxygen atoms in total. The molecule has 1 saturated heterocycles. The van der Waals surface area contributed by atoms with Gasteiger partial charge in [-0.15, -0.1) is 0 Å². The second kappa shape index (κ2) is 13.7. The molecule has 0 saturated carbocycles. The fourth-order valence-corrected chi connectivity index (χ4v) is 3.86. The summed E-state index contributed by atoms with van der Waals surface area (Å²) in [7, 11) is 0. The maximum absolute atomic E-state index is 12.3. The smallest absolute Gasteiger partial charge is 0.260 e. The zero-order chi connectivity index (χ0) is 23.3. The predicted octanol–water partition coefficient (Wildman–Crippen LogP) is 3.90. The van der Waals surface area contributed by atoms with E-state index in [0.29, 0.717) is 12.3 Å². The highest BCUT2D eigenvalue weighted by Crippen LogP contribution is 2.21. The van der Waals surface area contributed by atoms with Gasteiger partial charge in [-0.1, -0.05) is 36.4 Å². The van der Waals surface area contributed by atoms with Gasteiger partial charge in [0.2, 0.25) is 0 Å². The van der Waals surface area contributed by atoms with E-state index in [2.05, 4.69) is 11.4 Å². The number of rotatable bonds is 12. The predicted molar refractivity (Wildman–Crippen MR) is 131 cm³/mol. The third-order valence-electron chi connectivity index (χ3n) is 5.78. The molecule has 1 atom stereocenters. The summed E-state index contributed by atoms with van der Waals surface area (Å²) in [4.78, 5) is 14.2. The summed E-state index contributed by atoms with van der Waals surface area (Å²) in [6.07, 6.45) is 5.76. The van der Waals surface area contributed by atoms with Gasteiger partial charge in [0.15, 0.2) is 6.61 Å². The van der Waals surface area contributed by atoms with Crippen LogP contribution in [0, 0.1) is 0 Å². The first-order chi connectivity index (χ1) is 16.2. The Morgan fingerprint density at radius 3 is 2.42 bits per heavy atom. The van der Waals surface area contributed by atoms with E-state index in [1.807, 2.05) is 66.4 Å². The number of hydrogen-bond acceptors (Lipinski definition) is 5. The Balaban J connectivity index is 1.35. The van der Waals surface area contributed by atoms with Gasteiger partial charge in [-0.25, -0.2) is 0 Å². The van der Waals surface area contributed by atoms with Crippen LogP contribution in [0.15, 0.2) is 60.7 Å². The van der Waals surface area contributed by atoms with Crippen LogP contribution < -0.4 is 14.8 Å². The van der Waals surface area contributed by atoms with Gasteiger partial charge in [-0.05, 0) is 74.6 Å². The Labute approximate surface area is 197 Å². The zero-order valence-corrected chi connectivity index (χ0v) is 19.5. The number of nitrogens with zero attached hydrogens (tertiary/aromatic N) is 1. The van der Waals surface area contributed by atoms with E-state index in [4.69, 9.17) is 9.47 Å². The monoisotopic (exact) mass is 452 g/mol. The summed E-state index contributed by atoms with van der Waals surface area (Å²) in [5.41, 5.74) is 2.34. The molecule has 2 aromatic carbocycles. The first-order valence-corrected chi connectivity index (χ1v) is 11.9. The quantitative estimate of drug-likeness (QED) is 0.478. The number of nitrogens with one attached hydrogen (secondary N) is 1. The molecule has 1 aliphatic heterocycles. The van der Waals surface area contributed by atoms with Crippen LogP contribution in [0.5, 0.6) is 11.5 Å². The van der Waals surface area contributed by atoms with Gasteiger partial charge in [0.25, 0.3) is 5.91 Å². The number of carbonyl (C=O) groups excluding carboxylic acids is 1. The molecule has 0 aromatic heterocycles. The molecule has 1 amide bonds. The van der Waals surface area contributed by atoms with E-state index in [9.17, 15) is 9.90 Å². The molecule has 1 aliphatic rings. The zero-order valence-electron chi connectivity index (χ0n) is 19.5. The van der Waals surface area contributed by atoms with E-state index in [0.717, 1.165) is 50.2 Å². The first kappa shape index (κ1) is 24.8. The molecule has 0 spiro atoms. The lowest BCUT2D eigenvalue weighted by Crippen LogP contribution is -2.38. The second-order valence-corrected chi connectivity index (χ2v) is 8.30. The summed E-state index contributed by atoms with van der Waals surface area (Å²) >= 11 is 0. The molecule has 1 heterocycles. The van der Waals surface area contributed by atoms with Crippen molar-refractivity contribution in [1.82, 2.24) is 10.2 Å². The van der Waals surface area contributed by atoms with E-state index in [1.54, 1.807) is 0 Å². The van der Waals surface area contributed by atoms with Gasteiger partial charge in [0.05, 0.1) is 0 Å². The highest BCUT2D eigenvalue weighted by Gasteiger charge is 2.16. The van der Waals surface area contributed by atoms with Crippen molar-refractivity contribution >= 4 is 11.5 Å². The summed E-state index contributed by atoms with van der Waals surface area (Å²) in [6, 6.07) is 17.4. The Kier molecular flexibility index (Phi) is 10.3. The number of carbonyl (C=O) groups is 1. The Hall–Kier alpha value is -2.83. The maximum Gasteiger partial charge on any atom is 0.260 e. The molecular formula is C27H36N2O4. The largest absolute Gasteiger partial charge is 0.491 e. The lowest BCUT2D eigenvalue weighted by Gasteiger charge is -2.26. The minimum absolute atomic E-state index is 0.0651. The van der Waals surface area contributed by atoms with Gasteiger partial charge in [-0.3, -0.25) is 4.79 Å². The number of hydrogen-bond donors (Lipinski definition) is 2. The molecule has 178 valence electrons. The molecule has 3 rings (SSSR count). The number of aliphatic hydroxyl groups is 1. The van der Waals surface area contributed by atoms with Crippen LogP contribution in [0.3, 0.4) is 0 Å². The molecule has 33 heavy (non-hydrogen) atoms. The van der Waals surface area contributed by atoms with Crippen LogP contribution in [0.1, 0.15) is 38.2 Å². The third-order valence-corrected chi connectivity index (χ3v) is 5.78. The van der Waals surface area contributed by atoms with E-state index in [-0.39, 0.29) is 19.1 Å². The molecule has 1 unspecified atom stereocenters. The van der Waals surface area contributed by atoms with Crippen molar-refractivity contribution in [3.8, 4) is 11.5 Å². The van der Waals surface area contributed by atoms with Gasteiger partial charge >= 0.3 is 0 Å². The van der Waals surface area contributed by atoms with Crippen molar-refractivity contribution in [1.29, 1.82) is 0 Å². The van der Waals surface area contributed by atoms with Gasteiger partial charge < -0.3 is 24.8 Å². The SMILES string of the molecule is C/C=C(\CCNCC(O)COc1ccccc1)c1ccc(OCC(=O)N2CCCCC2)cc1. The molecule has 2 aromatic rings. The molecule has 6 heteroatoms. The Bertz CT molecular complexity index is 861. The Morgan fingerprint density at radius 2 is 1.73 bits per heavy atom. The molecular weight excluding hydrogens is 416 g/mol. The molecule has 0 bridgehead atoms. The molecule has 0 radical (unpaired) electrons. The highest BCUT2D eigenvalue weighted by atomic mass is 16.5. The van der Waals surface area contributed by atoms with Crippen LogP contribution >= 0.6 is 0 Å². The van der Waals surface area contributed by atoms with Crippen molar-refractivity contribution in [2.75, 3.05) is 39.4 Å². The molecule has 1 fully saturated rings. The van der Waals surface area contributed by atoms with E-state index >= 15 is 0 Å². The number of allylic oxidation sites excluding steroid dienone is 1. The topological polar surface area (TPSA) is 71.0 Å². The lowest BCUT2D eigenvalue weighted by atomic mass is 10.0.